The van der Waals surface area contributed by atoms with Crippen molar-refractivity contribution in [3.05, 3.63) is 11.7 Å². The number of hydrogen-bond donors (Lipinski definition) is 1. The molecular weight excluding hydrogens is 312 g/mol. The summed E-state index contributed by atoms with van der Waals surface area (Å²) in [7, 11) is 0. The molecule has 0 radical (unpaired) electrons. The summed E-state index contributed by atoms with van der Waals surface area (Å²) in [5.74, 6) is 0.658. The monoisotopic (exact) mass is 336 g/mol. The summed E-state index contributed by atoms with van der Waals surface area (Å²) in [5.41, 5.74) is -0.673. The summed E-state index contributed by atoms with van der Waals surface area (Å²) < 4.78 is 10.6. The van der Waals surface area contributed by atoms with Crippen molar-refractivity contribution in [2.45, 2.75) is 32.4 Å². The lowest BCUT2D eigenvalue weighted by molar-refractivity contribution is -0.149. The van der Waals surface area contributed by atoms with E-state index < -0.39 is 11.4 Å². The van der Waals surface area contributed by atoms with Gasteiger partial charge < -0.3 is 14.4 Å². The number of fused-ring (bicyclic) bond motifs is 1. The third kappa shape index (κ3) is 2.72. The van der Waals surface area contributed by atoms with Gasteiger partial charge in [-0.25, -0.2) is 0 Å². The third-order valence-electron chi connectivity index (χ3n) is 5.77. The van der Waals surface area contributed by atoms with Crippen molar-refractivity contribution in [2.24, 2.45) is 11.3 Å². The minimum absolute atomic E-state index is 0.155. The first-order valence-corrected chi connectivity index (χ1v) is 8.63. The molecule has 1 aromatic rings. The second-order valence-electron chi connectivity index (χ2n) is 7.34. The number of likely N-dealkylation sites (tertiary alicyclic amines) is 2. The summed E-state index contributed by atoms with van der Waals surface area (Å²) in [6.45, 7) is 6.71. The SMILES string of the molecule is Cc1noc(CN2C[C@H]3CN(C4CCOCC4)C[C@@]3(C(=O)O)C2)n1. The fourth-order valence-corrected chi connectivity index (χ4v) is 4.56. The Balaban J connectivity index is 1.45. The molecule has 4 heterocycles. The molecule has 4 rings (SSSR count). The van der Waals surface area contributed by atoms with Gasteiger partial charge in [0, 0.05) is 51.4 Å². The lowest BCUT2D eigenvalue weighted by Crippen LogP contribution is -2.44. The van der Waals surface area contributed by atoms with E-state index in [1.54, 1.807) is 6.92 Å². The summed E-state index contributed by atoms with van der Waals surface area (Å²) in [6, 6.07) is 0.465. The zero-order valence-corrected chi connectivity index (χ0v) is 14.0. The molecule has 0 bridgehead atoms. The Morgan fingerprint density at radius 1 is 1.33 bits per heavy atom. The van der Waals surface area contributed by atoms with Crippen molar-refractivity contribution in [1.82, 2.24) is 19.9 Å². The first kappa shape index (κ1) is 16.0. The van der Waals surface area contributed by atoms with Crippen LogP contribution in [0.25, 0.3) is 0 Å². The van der Waals surface area contributed by atoms with Gasteiger partial charge in [-0.2, -0.15) is 4.98 Å². The quantitative estimate of drug-likeness (QED) is 0.843. The molecule has 0 spiro atoms. The number of hydrogen-bond acceptors (Lipinski definition) is 7. The Morgan fingerprint density at radius 3 is 2.75 bits per heavy atom. The van der Waals surface area contributed by atoms with Crippen LogP contribution in [-0.4, -0.2) is 76.5 Å². The Hall–Kier alpha value is -1.51. The van der Waals surface area contributed by atoms with E-state index in [0.717, 1.165) is 39.1 Å². The maximum Gasteiger partial charge on any atom is 0.312 e. The number of carboxylic acid groups (broad SMARTS) is 1. The predicted octanol–water partition coefficient (Wildman–Crippen LogP) is 0.375. The van der Waals surface area contributed by atoms with Crippen molar-refractivity contribution in [3.8, 4) is 0 Å². The predicted molar refractivity (Wildman–Crippen MR) is 83.3 cm³/mol. The van der Waals surface area contributed by atoms with E-state index in [1.165, 1.54) is 0 Å². The van der Waals surface area contributed by atoms with Crippen molar-refractivity contribution >= 4 is 5.97 Å². The number of carbonyl (C=O) groups is 1. The number of rotatable bonds is 4. The average molecular weight is 336 g/mol. The summed E-state index contributed by atoms with van der Waals surface area (Å²) in [4.78, 5) is 20.9. The molecule has 3 aliphatic rings. The number of nitrogens with zero attached hydrogens (tertiary/aromatic N) is 4. The lowest BCUT2D eigenvalue weighted by Gasteiger charge is -2.33. The van der Waals surface area contributed by atoms with Crippen LogP contribution in [0, 0.1) is 18.3 Å². The Labute approximate surface area is 140 Å². The molecule has 8 heteroatoms. The molecule has 132 valence electrons. The number of aromatic nitrogens is 2. The fraction of sp³-hybridized carbons (Fsp3) is 0.812. The maximum atomic E-state index is 12.1. The van der Waals surface area contributed by atoms with E-state index in [9.17, 15) is 9.90 Å². The Morgan fingerprint density at radius 2 is 2.12 bits per heavy atom. The van der Waals surface area contributed by atoms with Gasteiger partial charge >= 0.3 is 5.97 Å². The highest BCUT2D eigenvalue weighted by Crippen LogP contribution is 2.44. The molecule has 0 aliphatic carbocycles. The molecule has 24 heavy (non-hydrogen) atoms. The van der Waals surface area contributed by atoms with Crippen LogP contribution in [0.3, 0.4) is 0 Å². The largest absolute Gasteiger partial charge is 0.481 e. The summed E-state index contributed by atoms with van der Waals surface area (Å²) in [6.07, 6.45) is 2.01. The minimum atomic E-state index is -0.675. The maximum absolute atomic E-state index is 12.1. The molecule has 0 unspecified atom stereocenters. The molecule has 3 saturated heterocycles. The Kier molecular flexibility index (Phi) is 4.06. The normalized spacial score (nSPS) is 32.3. The average Bonchev–Trinajstić information content (AvgIpc) is 3.21. The van der Waals surface area contributed by atoms with Crippen LogP contribution in [0.5, 0.6) is 0 Å². The van der Waals surface area contributed by atoms with Gasteiger partial charge in [0.25, 0.3) is 0 Å². The van der Waals surface area contributed by atoms with Gasteiger partial charge in [0.15, 0.2) is 5.82 Å². The molecule has 2 atom stereocenters. The molecule has 0 saturated carbocycles. The van der Waals surface area contributed by atoms with Crippen LogP contribution in [0.2, 0.25) is 0 Å². The summed E-state index contributed by atoms with van der Waals surface area (Å²) in [5, 5.41) is 13.8. The van der Waals surface area contributed by atoms with Crippen LogP contribution in [-0.2, 0) is 16.1 Å². The zero-order valence-electron chi connectivity index (χ0n) is 14.0. The van der Waals surface area contributed by atoms with Crippen LogP contribution in [0.1, 0.15) is 24.6 Å². The van der Waals surface area contributed by atoms with Gasteiger partial charge in [-0.1, -0.05) is 5.16 Å². The van der Waals surface area contributed by atoms with E-state index in [2.05, 4.69) is 19.9 Å². The fourth-order valence-electron chi connectivity index (χ4n) is 4.56. The van der Waals surface area contributed by atoms with Crippen molar-refractivity contribution in [2.75, 3.05) is 39.4 Å². The van der Waals surface area contributed by atoms with Crippen LogP contribution >= 0.6 is 0 Å². The highest BCUT2D eigenvalue weighted by atomic mass is 16.5. The van der Waals surface area contributed by atoms with E-state index in [1.807, 2.05) is 0 Å². The molecule has 1 aromatic heterocycles. The van der Waals surface area contributed by atoms with E-state index in [4.69, 9.17) is 9.26 Å². The van der Waals surface area contributed by atoms with Crippen LogP contribution in [0.4, 0.5) is 0 Å². The number of carboxylic acids is 1. The van der Waals surface area contributed by atoms with Gasteiger partial charge in [0.2, 0.25) is 5.89 Å². The number of aryl methyl sites for hydroxylation is 1. The highest BCUT2D eigenvalue weighted by molar-refractivity contribution is 5.77. The van der Waals surface area contributed by atoms with Gasteiger partial charge in [-0.05, 0) is 19.8 Å². The third-order valence-corrected chi connectivity index (χ3v) is 5.77. The number of ether oxygens (including phenoxy) is 1. The Bertz CT molecular complexity index is 615. The van der Waals surface area contributed by atoms with E-state index >= 15 is 0 Å². The molecule has 1 N–H and O–H groups in total. The first-order valence-electron chi connectivity index (χ1n) is 8.63. The van der Waals surface area contributed by atoms with Crippen molar-refractivity contribution in [3.63, 3.8) is 0 Å². The van der Waals surface area contributed by atoms with Gasteiger partial charge in [-0.15, -0.1) is 0 Å². The molecule has 3 fully saturated rings. The smallest absolute Gasteiger partial charge is 0.312 e. The highest BCUT2D eigenvalue weighted by Gasteiger charge is 2.58. The molecule has 3 aliphatic heterocycles. The zero-order chi connectivity index (χ0) is 16.7. The second-order valence-corrected chi connectivity index (χ2v) is 7.34. The molecule has 0 amide bonds. The van der Waals surface area contributed by atoms with Crippen LogP contribution < -0.4 is 0 Å². The molecule has 8 nitrogen and oxygen atoms in total. The van der Waals surface area contributed by atoms with Gasteiger partial charge in [0.05, 0.1) is 12.0 Å². The van der Waals surface area contributed by atoms with Crippen molar-refractivity contribution < 1.29 is 19.2 Å². The lowest BCUT2D eigenvalue weighted by atomic mass is 9.81. The van der Waals surface area contributed by atoms with E-state index in [0.29, 0.717) is 37.4 Å². The van der Waals surface area contributed by atoms with E-state index in [-0.39, 0.29) is 5.92 Å². The summed E-state index contributed by atoms with van der Waals surface area (Å²) >= 11 is 0. The minimum Gasteiger partial charge on any atom is -0.481 e. The number of aliphatic carboxylic acids is 1. The first-order chi connectivity index (χ1) is 11.6. The van der Waals surface area contributed by atoms with Gasteiger partial charge in [-0.3, -0.25) is 14.6 Å². The second kappa shape index (κ2) is 6.09. The standard InChI is InChI=1S/C16H24N4O4/c1-11-17-14(24-18-11)8-19-6-12-7-20(13-2-4-23-5-3-13)10-16(12,9-19)15(21)22/h12-13H,2-10H2,1H3,(H,21,22)/t12-,16-/m0/s1. The molecular formula is C16H24N4O4. The topological polar surface area (TPSA) is 91.9 Å². The van der Waals surface area contributed by atoms with Gasteiger partial charge in [0.1, 0.15) is 0 Å². The molecule has 0 aromatic carbocycles. The van der Waals surface area contributed by atoms with Crippen molar-refractivity contribution in [1.29, 1.82) is 0 Å². The van der Waals surface area contributed by atoms with Crippen LogP contribution in [0.15, 0.2) is 4.52 Å².